The first-order chi connectivity index (χ1) is 15.3. The van der Waals surface area contributed by atoms with Crippen LogP contribution in [0.3, 0.4) is 0 Å². The Kier molecular flexibility index (Phi) is 5.52. The topological polar surface area (TPSA) is 21.3 Å². The van der Waals surface area contributed by atoms with Crippen molar-refractivity contribution in [2.75, 3.05) is 7.11 Å². The summed E-state index contributed by atoms with van der Waals surface area (Å²) >= 11 is 13.2. The summed E-state index contributed by atoms with van der Waals surface area (Å²) in [7, 11) is 1.76. The molecule has 0 saturated carbocycles. The molecule has 0 aromatic heterocycles. The molecule has 2 aromatic carbocycles. The van der Waals surface area contributed by atoms with Crippen molar-refractivity contribution >= 4 is 28.8 Å². The summed E-state index contributed by atoms with van der Waals surface area (Å²) in [6, 6.07) is 12.5. The van der Waals surface area contributed by atoms with Gasteiger partial charge >= 0.3 is 0 Å². The van der Waals surface area contributed by atoms with Crippen LogP contribution < -0.4 is 10.1 Å². The average Bonchev–Trinajstić information content (AvgIpc) is 2.74. The van der Waals surface area contributed by atoms with Gasteiger partial charge in [-0.3, -0.25) is 0 Å². The van der Waals surface area contributed by atoms with Crippen LogP contribution in [-0.2, 0) is 12.8 Å². The van der Waals surface area contributed by atoms with E-state index in [0.29, 0.717) is 11.8 Å². The Hall–Kier alpha value is -2.00. The molecule has 0 spiro atoms. The average molecular weight is 466 g/mol. The number of halogens is 2. The number of rotatable bonds is 3. The lowest BCUT2D eigenvalue weighted by Crippen LogP contribution is -2.53. The monoisotopic (exact) mass is 465 g/mol. The molecule has 1 N–H and O–H groups in total. The first-order valence-electron chi connectivity index (χ1n) is 11.3. The van der Waals surface area contributed by atoms with Crippen molar-refractivity contribution in [3.05, 3.63) is 92.5 Å². The third-order valence-corrected chi connectivity index (χ3v) is 7.82. The quantitative estimate of drug-likeness (QED) is 0.490. The minimum absolute atomic E-state index is 0.0283. The summed E-state index contributed by atoms with van der Waals surface area (Å²) in [5.74, 6) is 1.57. The summed E-state index contributed by atoms with van der Waals surface area (Å²) in [6.45, 7) is 6.76. The van der Waals surface area contributed by atoms with Crippen LogP contribution in [0.4, 0.5) is 0 Å². The van der Waals surface area contributed by atoms with Gasteiger partial charge in [-0.2, -0.15) is 0 Å². The number of hydrogen-bond acceptors (Lipinski definition) is 2. The van der Waals surface area contributed by atoms with Gasteiger partial charge in [0.15, 0.2) is 0 Å². The number of fused-ring (bicyclic) bond motifs is 4. The van der Waals surface area contributed by atoms with E-state index in [2.05, 4.69) is 62.5 Å². The van der Waals surface area contributed by atoms with Gasteiger partial charge < -0.3 is 10.1 Å². The van der Waals surface area contributed by atoms with Crippen LogP contribution in [0.25, 0.3) is 5.57 Å². The van der Waals surface area contributed by atoms with E-state index >= 15 is 0 Å². The van der Waals surface area contributed by atoms with E-state index in [9.17, 15) is 0 Å². The number of hydrogen-bond donors (Lipinski definition) is 1. The smallest absolute Gasteiger partial charge is 0.126 e. The summed E-state index contributed by atoms with van der Waals surface area (Å²) in [6.07, 6.45) is 8.79. The molecule has 1 aliphatic heterocycles. The molecule has 3 aliphatic rings. The van der Waals surface area contributed by atoms with Gasteiger partial charge in [0.05, 0.1) is 7.11 Å². The fourth-order valence-electron chi connectivity index (χ4n) is 6.01. The number of nitrogens with one attached hydrogen (secondary N) is 1. The van der Waals surface area contributed by atoms with Crippen LogP contribution in [0.5, 0.6) is 5.75 Å². The van der Waals surface area contributed by atoms with E-state index in [1.165, 1.54) is 27.8 Å². The van der Waals surface area contributed by atoms with Crippen molar-refractivity contribution in [2.45, 2.75) is 45.2 Å². The fraction of sp³-hybridized carbons (Fsp3) is 0.357. The van der Waals surface area contributed by atoms with Crippen LogP contribution in [0, 0.1) is 11.8 Å². The third-order valence-electron chi connectivity index (χ3n) is 7.11. The van der Waals surface area contributed by atoms with E-state index in [1.54, 1.807) is 7.11 Å². The molecule has 4 heteroatoms. The zero-order valence-electron chi connectivity index (χ0n) is 19.0. The van der Waals surface area contributed by atoms with Gasteiger partial charge in [-0.05, 0) is 80.0 Å². The summed E-state index contributed by atoms with van der Waals surface area (Å²) < 4.78 is 5.81. The largest absolute Gasteiger partial charge is 0.496 e. The number of allylic oxidation sites excluding steroid dienone is 2. The summed E-state index contributed by atoms with van der Waals surface area (Å²) in [5, 5.41) is 5.33. The van der Waals surface area contributed by atoms with E-state index < -0.39 is 0 Å². The van der Waals surface area contributed by atoms with Crippen molar-refractivity contribution in [2.24, 2.45) is 11.8 Å². The van der Waals surface area contributed by atoms with Crippen LogP contribution in [0.2, 0.25) is 10.0 Å². The predicted molar refractivity (Wildman–Crippen MR) is 135 cm³/mol. The first-order valence-corrected chi connectivity index (χ1v) is 12.0. The first kappa shape index (κ1) is 21.8. The van der Waals surface area contributed by atoms with Crippen LogP contribution in [-0.4, -0.2) is 18.7 Å². The minimum Gasteiger partial charge on any atom is -0.496 e. The molecule has 0 bridgehead atoms. The maximum atomic E-state index is 6.62. The Morgan fingerprint density at radius 3 is 2.53 bits per heavy atom. The lowest BCUT2D eigenvalue weighted by atomic mass is 9.64. The Bertz CT molecular complexity index is 1150. The zero-order valence-corrected chi connectivity index (χ0v) is 20.5. The molecule has 3 unspecified atom stereocenters. The highest BCUT2D eigenvalue weighted by atomic mass is 35.5. The van der Waals surface area contributed by atoms with Gasteiger partial charge in [-0.15, -0.1) is 0 Å². The van der Waals surface area contributed by atoms with Crippen molar-refractivity contribution in [1.29, 1.82) is 0 Å². The molecule has 0 fully saturated rings. The predicted octanol–water partition coefficient (Wildman–Crippen LogP) is 7.05. The molecule has 5 rings (SSSR count). The number of benzene rings is 2. The molecule has 32 heavy (non-hydrogen) atoms. The highest BCUT2D eigenvalue weighted by Gasteiger charge is 2.42. The molecule has 0 saturated heterocycles. The molecule has 0 amide bonds. The molecule has 2 aromatic rings. The Morgan fingerprint density at radius 2 is 1.81 bits per heavy atom. The van der Waals surface area contributed by atoms with E-state index in [0.717, 1.165) is 34.2 Å². The van der Waals surface area contributed by atoms with Crippen molar-refractivity contribution < 1.29 is 4.74 Å². The third kappa shape index (κ3) is 3.63. The van der Waals surface area contributed by atoms with Crippen LogP contribution >= 0.6 is 23.2 Å². The highest BCUT2D eigenvalue weighted by Crippen LogP contribution is 2.50. The maximum absolute atomic E-state index is 6.62. The SMILES string of the molecule is COc1cccc2c1C1=C(C(Cc3c(Cl)cccc3Cl)C2)C2C(C)=CC(C)(C)NC2C=C1. The maximum Gasteiger partial charge on any atom is 0.126 e. The second-order valence-corrected chi connectivity index (χ2v) is 10.6. The second-order valence-electron chi connectivity index (χ2n) is 9.79. The number of ether oxygens (including phenoxy) is 1. The van der Waals surface area contributed by atoms with Gasteiger partial charge in [0.2, 0.25) is 0 Å². The minimum atomic E-state index is -0.0283. The molecule has 1 heterocycles. The van der Waals surface area contributed by atoms with Gasteiger partial charge in [-0.1, -0.05) is 65.2 Å². The molecule has 3 atom stereocenters. The fourth-order valence-corrected chi connectivity index (χ4v) is 6.57. The zero-order chi connectivity index (χ0) is 22.6. The normalized spacial score (nSPS) is 25.6. The van der Waals surface area contributed by atoms with Crippen molar-refractivity contribution in [3.8, 4) is 5.75 Å². The Morgan fingerprint density at radius 1 is 1.09 bits per heavy atom. The molecule has 166 valence electrons. The van der Waals surface area contributed by atoms with Gasteiger partial charge in [0, 0.05) is 33.1 Å². The molecule has 2 nitrogen and oxygen atoms in total. The summed E-state index contributed by atoms with van der Waals surface area (Å²) in [4.78, 5) is 0. The van der Waals surface area contributed by atoms with Gasteiger partial charge in [-0.25, -0.2) is 0 Å². The molecular formula is C28H29Cl2NO. The van der Waals surface area contributed by atoms with Gasteiger partial charge in [0.1, 0.15) is 5.75 Å². The molecule has 2 aliphatic carbocycles. The number of methoxy groups -OCH3 is 1. The van der Waals surface area contributed by atoms with Crippen molar-refractivity contribution in [3.63, 3.8) is 0 Å². The van der Waals surface area contributed by atoms with Crippen molar-refractivity contribution in [1.82, 2.24) is 5.32 Å². The molecular weight excluding hydrogens is 437 g/mol. The Balaban J connectivity index is 1.70. The van der Waals surface area contributed by atoms with Crippen LogP contribution in [0.1, 0.15) is 37.5 Å². The van der Waals surface area contributed by atoms with E-state index in [1.807, 2.05) is 18.2 Å². The van der Waals surface area contributed by atoms with Crippen LogP contribution in [0.15, 0.2) is 65.8 Å². The standard InChI is InChI=1S/C28H29Cl2NO/c1-16-15-28(2,3)31-23-12-11-19-26-17(7-5-10-24(26)32-4)13-18(27(19)25(16)23)14-20-21(29)8-6-9-22(20)30/h5-12,15,18,23,25,31H,13-14H2,1-4H3. The van der Waals surface area contributed by atoms with E-state index in [-0.39, 0.29) is 11.6 Å². The lowest BCUT2D eigenvalue weighted by molar-refractivity contribution is 0.340. The highest BCUT2D eigenvalue weighted by molar-refractivity contribution is 6.36. The Labute approximate surface area is 201 Å². The molecule has 0 radical (unpaired) electrons. The second kappa shape index (κ2) is 8.09. The lowest BCUT2D eigenvalue weighted by Gasteiger charge is -2.46. The summed E-state index contributed by atoms with van der Waals surface area (Å²) in [5.41, 5.74) is 7.76. The van der Waals surface area contributed by atoms with E-state index in [4.69, 9.17) is 27.9 Å². The van der Waals surface area contributed by atoms with Gasteiger partial charge in [0.25, 0.3) is 0 Å².